The number of piperidine rings is 1. The number of anilines is 1. The lowest BCUT2D eigenvalue weighted by Crippen LogP contribution is -2.42. The van der Waals surface area contributed by atoms with Gasteiger partial charge in [-0.3, -0.25) is 9.10 Å². The number of benzene rings is 2. The molecule has 8 heteroatoms. The monoisotopic (exact) mass is 468 g/mol. The van der Waals surface area contributed by atoms with Gasteiger partial charge in [-0.05, 0) is 49.4 Å². The van der Waals surface area contributed by atoms with E-state index in [-0.39, 0.29) is 33.0 Å². The Morgan fingerprint density at radius 3 is 2.23 bits per heavy atom. The number of amides is 1. The summed E-state index contributed by atoms with van der Waals surface area (Å²) in [5.74, 6) is 0.482. The first-order valence-electron chi connectivity index (χ1n) is 10.0. The second-order valence-electron chi connectivity index (χ2n) is 7.92. The average molecular weight is 469 g/mol. The lowest BCUT2D eigenvalue weighted by atomic mass is 9.91. The molecule has 1 heterocycles. The zero-order valence-corrected chi connectivity index (χ0v) is 19.6. The Bertz CT molecular complexity index is 1020. The lowest BCUT2D eigenvalue weighted by Gasteiger charge is -2.35. The molecule has 0 spiro atoms. The third-order valence-electron chi connectivity index (χ3n) is 5.31. The number of likely N-dealkylation sites (tertiary alicyclic amines) is 1. The van der Waals surface area contributed by atoms with Gasteiger partial charge in [0, 0.05) is 19.6 Å². The molecule has 1 aliphatic rings. The summed E-state index contributed by atoms with van der Waals surface area (Å²) in [6.45, 7) is 7.42. The van der Waals surface area contributed by atoms with Crippen LogP contribution in [0.3, 0.4) is 0 Å². The molecule has 1 aliphatic heterocycles. The largest absolute Gasteiger partial charge is 0.338 e. The normalized spacial score (nSPS) is 19.6. The van der Waals surface area contributed by atoms with Crippen molar-refractivity contribution >= 4 is 44.8 Å². The molecular formula is C22H26Cl2N2O3S. The van der Waals surface area contributed by atoms with E-state index in [2.05, 4.69) is 13.8 Å². The van der Waals surface area contributed by atoms with E-state index in [4.69, 9.17) is 23.2 Å². The highest BCUT2D eigenvalue weighted by molar-refractivity contribution is 7.93. The molecule has 2 aromatic rings. The van der Waals surface area contributed by atoms with Crippen LogP contribution in [0.1, 0.15) is 37.6 Å². The van der Waals surface area contributed by atoms with Gasteiger partial charge in [0.15, 0.2) is 0 Å². The van der Waals surface area contributed by atoms with E-state index < -0.39 is 10.0 Å². The molecule has 0 aliphatic carbocycles. The average Bonchev–Trinajstić information content (AvgIpc) is 2.67. The minimum absolute atomic E-state index is 0.00805. The van der Waals surface area contributed by atoms with Crippen molar-refractivity contribution < 1.29 is 13.2 Å². The summed E-state index contributed by atoms with van der Waals surface area (Å²) in [6, 6.07) is 11.4. The van der Waals surface area contributed by atoms with Crippen molar-refractivity contribution in [2.24, 2.45) is 11.8 Å². The van der Waals surface area contributed by atoms with Crippen LogP contribution in [-0.2, 0) is 10.0 Å². The van der Waals surface area contributed by atoms with E-state index >= 15 is 0 Å². The number of para-hydroxylation sites is 1. The molecule has 0 aromatic heterocycles. The van der Waals surface area contributed by atoms with Gasteiger partial charge in [-0.2, -0.15) is 0 Å². The predicted molar refractivity (Wildman–Crippen MR) is 122 cm³/mol. The van der Waals surface area contributed by atoms with Crippen LogP contribution < -0.4 is 4.31 Å². The Labute approximate surface area is 188 Å². The minimum Gasteiger partial charge on any atom is -0.338 e. The summed E-state index contributed by atoms with van der Waals surface area (Å²) < 4.78 is 28.1. The molecule has 2 unspecified atom stereocenters. The molecule has 1 amide bonds. The van der Waals surface area contributed by atoms with Gasteiger partial charge >= 0.3 is 0 Å². The summed E-state index contributed by atoms with van der Waals surface area (Å²) in [4.78, 5) is 14.8. The highest BCUT2D eigenvalue weighted by atomic mass is 35.5. The number of sulfonamides is 1. The van der Waals surface area contributed by atoms with Gasteiger partial charge in [-0.1, -0.05) is 55.2 Å². The number of hydrogen-bond donors (Lipinski definition) is 0. The minimum atomic E-state index is -3.99. The molecule has 30 heavy (non-hydrogen) atoms. The molecule has 5 nitrogen and oxygen atoms in total. The van der Waals surface area contributed by atoms with Crippen LogP contribution in [0.25, 0.3) is 0 Å². The number of carbonyl (C=O) groups excluding carboxylic acids is 1. The molecule has 162 valence electrons. The number of nitrogens with zero attached hydrogens (tertiary/aromatic N) is 2. The third-order valence-corrected chi connectivity index (χ3v) is 7.99. The zero-order valence-electron chi connectivity index (χ0n) is 17.3. The zero-order chi connectivity index (χ0) is 22.1. The predicted octanol–water partition coefficient (Wildman–Crippen LogP) is 5.33. The van der Waals surface area contributed by atoms with E-state index in [1.165, 1.54) is 16.4 Å². The van der Waals surface area contributed by atoms with Crippen LogP contribution >= 0.6 is 23.2 Å². The van der Waals surface area contributed by atoms with E-state index in [0.717, 1.165) is 6.42 Å². The lowest BCUT2D eigenvalue weighted by molar-refractivity contribution is 0.0623. The van der Waals surface area contributed by atoms with Gasteiger partial charge < -0.3 is 4.90 Å². The van der Waals surface area contributed by atoms with Gasteiger partial charge in [0.2, 0.25) is 0 Å². The van der Waals surface area contributed by atoms with Crippen molar-refractivity contribution in [1.82, 2.24) is 4.90 Å². The van der Waals surface area contributed by atoms with Gasteiger partial charge in [0.25, 0.3) is 15.9 Å². The summed E-state index contributed by atoms with van der Waals surface area (Å²) in [6.07, 6.45) is 1.06. The van der Waals surface area contributed by atoms with Crippen LogP contribution in [0, 0.1) is 11.8 Å². The molecule has 0 radical (unpaired) electrons. The van der Waals surface area contributed by atoms with Gasteiger partial charge in [-0.15, -0.1) is 0 Å². The van der Waals surface area contributed by atoms with Crippen LogP contribution in [0.15, 0.2) is 47.4 Å². The summed E-state index contributed by atoms with van der Waals surface area (Å²) >= 11 is 12.6. The Morgan fingerprint density at radius 1 is 1.07 bits per heavy atom. The molecule has 3 rings (SSSR count). The molecule has 1 fully saturated rings. The standard InChI is InChI=1S/C22H26Cl2N2O3S/c1-4-26(17-8-6-5-7-9-17)30(28,29)21-11-18(19(23)12-20(21)24)22(27)25-13-15(2)10-16(3)14-25/h5-9,11-12,15-16H,4,10,13-14H2,1-3H3. The van der Waals surface area contributed by atoms with Crippen molar-refractivity contribution in [2.45, 2.75) is 32.1 Å². The maximum absolute atomic E-state index is 13.4. The highest BCUT2D eigenvalue weighted by Gasteiger charge is 2.31. The maximum Gasteiger partial charge on any atom is 0.265 e. The van der Waals surface area contributed by atoms with E-state index in [9.17, 15) is 13.2 Å². The second kappa shape index (κ2) is 9.16. The number of hydrogen-bond acceptors (Lipinski definition) is 3. The fourth-order valence-electron chi connectivity index (χ4n) is 4.09. The third kappa shape index (κ3) is 4.61. The molecule has 0 N–H and O–H groups in total. The van der Waals surface area contributed by atoms with Gasteiger partial charge in [0.05, 0.1) is 21.3 Å². The molecule has 2 atom stereocenters. The second-order valence-corrected chi connectivity index (χ2v) is 10.6. The molecular weight excluding hydrogens is 443 g/mol. The first-order chi connectivity index (χ1) is 14.1. The van der Waals surface area contributed by atoms with Crippen LogP contribution in [0.5, 0.6) is 0 Å². The topological polar surface area (TPSA) is 57.7 Å². The van der Waals surface area contributed by atoms with Crippen molar-refractivity contribution in [3.05, 3.63) is 58.1 Å². The van der Waals surface area contributed by atoms with E-state index in [0.29, 0.717) is 30.6 Å². The first-order valence-corrected chi connectivity index (χ1v) is 12.2. The van der Waals surface area contributed by atoms with Crippen LogP contribution in [0.4, 0.5) is 5.69 Å². The number of rotatable bonds is 5. The smallest absolute Gasteiger partial charge is 0.265 e. The van der Waals surface area contributed by atoms with Gasteiger partial charge in [0.1, 0.15) is 4.90 Å². The molecule has 0 saturated carbocycles. The fourth-order valence-corrected chi connectivity index (χ4v) is 6.40. The van der Waals surface area contributed by atoms with Crippen LogP contribution in [-0.4, -0.2) is 38.9 Å². The summed E-state index contributed by atoms with van der Waals surface area (Å²) in [5, 5.41) is 0.143. The molecule has 1 saturated heterocycles. The first kappa shape index (κ1) is 22.9. The summed E-state index contributed by atoms with van der Waals surface area (Å²) in [5.41, 5.74) is 0.683. The van der Waals surface area contributed by atoms with E-state index in [1.54, 1.807) is 36.1 Å². The number of carbonyl (C=O) groups is 1. The Morgan fingerprint density at radius 2 is 1.67 bits per heavy atom. The maximum atomic E-state index is 13.4. The van der Waals surface area contributed by atoms with Crippen molar-refractivity contribution in [3.8, 4) is 0 Å². The fraction of sp³-hybridized carbons (Fsp3) is 0.409. The number of halogens is 2. The van der Waals surface area contributed by atoms with Gasteiger partial charge in [-0.25, -0.2) is 8.42 Å². The Hall–Kier alpha value is -1.76. The summed E-state index contributed by atoms with van der Waals surface area (Å²) in [7, 11) is -3.99. The molecule has 0 bridgehead atoms. The van der Waals surface area contributed by atoms with Crippen molar-refractivity contribution in [2.75, 3.05) is 23.9 Å². The SMILES string of the molecule is CCN(c1ccccc1)S(=O)(=O)c1cc(C(=O)N2CC(C)CC(C)C2)c(Cl)cc1Cl. The van der Waals surface area contributed by atoms with Crippen molar-refractivity contribution in [1.29, 1.82) is 0 Å². The quantitative estimate of drug-likeness (QED) is 0.595. The highest BCUT2D eigenvalue weighted by Crippen LogP contribution is 2.34. The Kier molecular flexibility index (Phi) is 7.00. The van der Waals surface area contributed by atoms with Crippen LogP contribution in [0.2, 0.25) is 10.0 Å². The molecule has 2 aromatic carbocycles. The van der Waals surface area contributed by atoms with Crippen molar-refractivity contribution in [3.63, 3.8) is 0 Å². The van der Waals surface area contributed by atoms with E-state index in [1.807, 2.05) is 6.07 Å². The Balaban J connectivity index is 2.03.